The summed E-state index contributed by atoms with van der Waals surface area (Å²) in [6, 6.07) is 23.9. The molecule has 12 rings (SSSR count). The molecule has 14 heteroatoms. The van der Waals surface area contributed by atoms with Gasteiger partial charge in [-0.3, -0.25) is 4.79 Å². The molecule has 9 heterocycles. The van der Waals surface area contributed by atoms with E-state index in [2.05, 4.69) is 82.7 Å². The number of aliphatic hydroxyl groups excluding tert-OH is 1. The van der Waals surface area contributed by atoms with E-state index in [1.165, 1.54) is 5.56 Å². The number of ether oxygens (including phenoxy) is 3. The SMILES string of the molecule is CC.CC.CC.CC.CC.CC.CC.CC.CC.CC.CC.CC.Cc1ncc(C)c(N2CCC3(CC2)CC(=O)c2ccccc2O3)n1.Cc1ncc(C)c(N2CCC3(CC2)CC(O)c2ccccc2O3)n1.Cc1ncc(C)c(N2CCC3(CCc4ccccc4O3)CC2)n1. The molecule has 1 atom stereocenters. The van der Waals surface area contributed by atoms with Crippen molar-refractivity contribution in [2.45, 2.75) is 295 Å². The smallest absolute Gasteiger partial charge is 0.170 e. The van der Waals surface area contributed by atoms with Crippen LogP contribution in [0.15, 0.2) is 91.4 Å². The number of ketones is 1. The maximum absolute atomic E-state index is 12.5. The molecule has 14 nitrogen and oxygen atoms in total. The second-order valence-corrected chi connectivity index (χ2v) is 20.5. The lowest BCUT2D eigenvalue weighted by Gasteiger charge is -2.46. The maximum atomic E-state index is 12.5. The molecule has 3 fully saturated rings. The number of Topliss-reactive ketones (excluding diaryl/α,β-unsaturated/α-hetero) is 1. The van der Waals surface area contributed by atoms with Gasteiger partial charge in [-0.05, 0) is 84.2 Å². The predicted molar refractivity (Wildman–Crippen MR) is 411 cm³/mol. The Labute approximate surface area is 582 Å². The number of benzene rings is 3. The Morgan fingerprint density at radius 3 is 1.12 bits per heavy atom. The van der Waals surface area contributed by atoms with E-state index in [-0.39, 0.29) is 22.6 Å². The summed E-state index contributed by atoms with van der Waals surface area (Å²) in [6.45, 7) is 65.4. The van der Waals surface area contributed by atoms with Gasteiger partial charge in [0.1, 0.15) is 69.0 Å². The Hall–Kier alpha value is -6.67. The van der Waals surface area contributed by atoms with Gasteiger partial charge in [0.05, 0.1) is 18.1 Å². The lowest BCUT2D eigenvalue weighted by molar-refractivity contribution is -0.0300. The van der Waals surface area contributed by atoms with Crippen molar-refractivity contribution in [2.75, 3.05) is 54.0 Å². The van der Waals surface area contributed by atoms with Crippen LogP contribution in [0.5, 0.6) is 17.2 Å². The molecular weight excluding hydrogens is 1180 g/mol. The molecule has 3 saturated heterocycles. The number of piperidine rings is 3. The van der Waals surface area contributed by atoms with Gasteiger partial charge < -0.3 is 34.0 Å². The summed E-state index contributed by atoms with van der Waals surface area (Å²) < 4.78 is 19.1. The summed E-state index contributed by atoms with van der Waals surface area (Å²) in [6.07, 6.45) is 14.2. The highest BCUT2D eigenvalue weighted by Crippen LogP contribution is 2.45. The van der Waals surface area contributed by atoms with Gasteiger partial charge in [0.25, 0.3) is 0 Å². The first-order chi connectivity index (χ1) is 46.3. The summed E-state index contributed by atoms with van der Waals surface area (Å²) in [5.41, 5.74) is 5.71. The average Bonchev–Trinajstić information content (AvgIpc) is 0.792. The normalized spacial score (nSPS) is 15.8. The number of fused-ring (bicyclic) bond motifs is 3. The Bertz CT molecular complexity index is 2890. The van der Waals surface area contributed by atoms with Crippen LogP contribution in [-0.4, -0.2) is 96.9 Å². The highest BCUT2D eigenvalue weighted by atomic mass is 16.5. The first kappa shape index (κ1) is 92.5. The van der Waals surface area contributed by atoms with Gasteiger partial charge >= 0.3 is 0 Å². The summed E-state index contributed by atoms with van der Waals surface area (Å²) in [4.78, 5) is 46.1. The van der Waals surface area contributed by atoms with E-state index < -0.39 is 6.10 Å². The van der Waals surface area contributed by atoms with Crippen molar-refractivity contribution in [2.24, 2.45) is 0 Å². The van der Waals surface area contributed by atoms with E-state index in [0.717, 1.165) is 165 Å². The van der Waals surface area contributed by atoms with Crippen molar-refractivity contribution in [3.63, 3.8) is 0 Å². The van der Waals surface area contributed by atoms with E-state index in [4.69, 9.17) is 14.2 Å². The minimum atomic E-state index is -0.440. The Morgan fingerprint density at radius 1 is 0.389 bits per heavy atom. The molecule has 3 aromatic carbocycles. The number of carbonyl (C=O) groups is 1. The minimum Gasteiger partial charge on any atom is -0.487 e. The van der Waals surface area contributed by atoms with Crippen molar-refractivity contribution in [1.29, 1.82) is 0 Å². The van der Waals surface area contributed by atoms with Crippen LogP contribution in [0.1, 0.15) is 286 Å². The van der Waals surface area contributed by atoms with Gasteiger partial charge in [-0.15, -0.1) is 0 Å². The molecule has 3 spiro atoms. The summed E-state index contributed by atoms with van der Waals surface area (Å²) in [5.74, 6) is 8.38. The lowest BCUT2D eigenvalue weighted by Crippen LogP contribution is -2.51. The van der Waals surface area contributed by atoms with Crippen LogP contribution in [0.25, 0.3) is 0 Å². The number of hydrogen-bond acceptors (Lipinski definition) is 14. The van der Waals surface area contributed by atoms with Gasteiger partial charge in [-0.2, -0.15) is 0 Å². The van der Waals surface area contributed by atoms with Crippen LogP contribution in [0.4, 0.5) is 17.5 Å². The van der Waals surface area contributed by atoms with Gasteiger partial charge in [0, 0.05) is 125 Å². The quantitative estimate of drug-likeness (QED) is 0.179. The number of aliphatic hydroxyl groups is 1. The number of aromatic nitrogens is 6. The van der Waals surface area contributed by atoms with Gasteiger partial charge in [0.15, 0.2) is 5.78 Å². The van der Waals surface area contributed by atoms with E-state index in [1.54, 1.807) is 0 Å². The number of aryl methyl sites for hydroxylation is 7. The number of para-hydroxylation sites is 3. The van der Waals surface area contributed by atoms with Gasteiger partial charge in [0.2, 0.25) is 0 Å². The molecule has 0 aliphatic carbocycles. The molecule has 0 amide bonds. The van der Waals surface area contributed by atoms with Crippen LogP contribution >= 0.6 is 0 Å². The minimum absolute atomic E-state index is 0.0147. The van der Waals surface area contributed by atoms with E-state index in [9.17, 15) is 9.90 Å². The van der Waals surface area contributed by atoms with Gasteiger partial charge in [-0.1, -0.05) is 215 Å². The third-order valence-electron chi connectivity index (χ3n) is 15.4. The Kier molecular flexibility index (Phi) is 51.1. The van der Waals surface area contributed by atoms with Crippen molar-refractivity contribution in [3.05, 3.63) is 142 Å². The molecule has 3 aromatic heterocycles. The first-order valence-electron chi connectivity index (χ1n) is 37.5. The Balaban J connectivity index is -0.00000115. The Morgan fingerprint density at radius 2 is 0.705 bits per heavy atom. The fourth-order valence-corrected chi connectivity index (χ4v) is 11.3. The molecular formula is C81H139N9O5. The number of nitrogens with zero attached hydrogens (tertiary/aromatic N) is 9. The van der Waals surface area contributed by atoms with Crippen LogP contribution in [-0.2, 0) is 6.42 Å². The largest absolute Gasteiger partial charge is 0.487 e. The second-order valence-electron chi connectivity index (χ2n) is 20.5. The first-order valence-corrected chi connectivity index (χ1v) is 37.5. The molecule has 1 N–H and O–H groups in total. The zero-order chi connectivity index (χ0) is 73.3. The molecule has 6 aliphatic rings. The van der Waals surface area contributed by atoms with Crippen molar-refractivity contribution in [3.8, 4) is 17.2 Å². The van der Waals surface area contributed by atoms with E-state index >= 15 is 0 Å². The number of anilines is 3. The zero-order valence-corrected chi connectivity index (χ0v) is 66.2. The van der Waals surface area contributed by atoms with Crippen molar-refractivity contribution >= 4 is 23.2 Å². The average molecular weight is 1320 g/mol. The monoisotopic (exact) mass is 1320 g/mol. The van der Waals surface area contributed by atoms with Crippen LogP contribution in [0.3, 0.4) is 0 Å². The summed E-state index contributed by atoms with van der Waals surface area (Å²) >= 11 is 0. The highest BCUT2D eigenvalue weighted by molar-refractivity contribution is 6.00. The molecule has 0 radical (unpaired) electrons. The van der Waals surface area contributed by atoms with Crippen LogP contribution in [0.2, 0.25) is 0 Å². The van der Waals surface area contributed by atoms with Gasteiger partial charge in [-0.25, -0.2) is 29.9 Å². The molecule has 0 saturated carbocycles. The molecule has 6 aromatic rings. The number of hydrogen-bond donors (Lipinski definition) is 1. The highest BCUT2D eigenvalue weighted by Gasteiger charge is 2.45. The van der Waals surface area contributed by atoms with Crippen LogP contribution < -0.4 is 28.9 Å². The summed E-state index contributed by atoms with van der Waals surface area (Å²) in [7, 11) is 0. The number of rotatable bonds is 3. The third-order valence-corrected chi connectivity index (χ3v) is 15.4. The molecule has 6 aliphatic heterocycles. The zero-order valence-electron chi connectivity index (χ0n) is 66.2. The van der Waals surface area contributed by atoms with Crippen molar-refractivity contribution in [1.82, 2.24) is 29.9 Å². The topological polar surface area (TPSA) is 152 Å². The lowest BCUT2D eigenvalue weighted by atomic mass is 9.81. The standard InChI is InChI=1S/C19H23N3O2.C19H21N3O2.C19H23N3O.12C2H6/c2*1-13-12-20-14(2)21-18(13)22-9-7-19(8-10-22)11-16(23)15-5-3-4-6-17(15)24-19;1-14-13-20-15(2)21-18(14)22-11-9-19(10-12-22)8-7-16-5-3-4-6-17(16)23-19;12*1-2/h3-6,12,16,23H,7-11H2,1-2H3;3-6,12H,7-11H2,1-2H3;3-6,13H,7-12H2,1-2H3;12*1-2H3. The fourth-order valence-electron chi connectivity index (χ4n) is 11.3. The predicted octanol–water partition coefficient (Wildman–Crippen LogP) is 21.8. The van der Waals surface area contributed by atoms with E-state index in [0.29, 0.717) is 18.4 Å². The fraction of sp³-hybridized carbons (Fsp3) is 0.617. The van der Waals surface area contributed by atoms with Crippen molar-refractivity contribution < 1.29 is 24.1 Å². The second kappa shape index (κ2) is 52.5. The molecule has 538 valence electrons. The van der Waals surface area contributed by atoms with Crippen LogP contribution in [0, 0.1) is 41.5 Å². The molecule has 0 bridgehead atoms. The summed E-state index contributed by atoms with van der Waals surface area (Å²) in [5, 5.41) is 10.5. The molecule has 95 heavy (non-hydrogen) atoms. The third kappa shape index (κ3) is 27.4. The maximum Gasteiger partial charge on any atom is 0.170 e. The molecule has 1 unspecified atom stereocenters. The van der Waals surface area contributed by atoms with E-state index in [1.807, 2.05) is 261 Å². The number of carbonyl (C=O) groups excluding carboxylic acids is 1.